The number of carbonyl (C=O) groups is 2. The number of rotatable bonds is 4. The Hall–Kier alpha value is -2.70. The Morgan fingerprint density at radius 2 is 1.53 bits per heavy atom. The molecule has 2 aromatic carbocycles. The monoisotopic (exact) mass is 432 g/mol. The second-order valence-corrected chi connectivity index (χ2v) is 9.86. The van der Waals surface area contributed by atoms with Crippen LogP contribution in [-0.4, -0.2) is 42.7 Å². The molecule has 2 aromatic rings. The summed E-state index contributed by atoms with van der Waals surface area (Å²) in [5.74, 6) is 0.611. The summed E-state index contributed by atoms with van der Waals surface area (Å²) in [6.45, 7) is 3.23. The van der Waals surface area contributed by atoms with E-state index in [0.29, 0.717) is 19.8 Å². The summed E-state index contributed by atoms with van der Waals surface area (Å²) in [5, 5.41) is 10.5. The molecule has 1 atom stereocenters. The molecule has 166 valence electrons. The van der Waals surface area contributed by atoms with Crippen molar-refractivity contribution in [3.63, 3.8) is 0 Å². The molecule has 0 aromatic heterocycles. The molecule has 6 nitrogen and oxygen atoms in total. The number of aliphatic hydroxyl groups is 1. The zero-order valence-electron chi connectivity index (χ0n) is 18.3. The summed E-state index contributed by atoms with van der Waals surface area (Å²) in [4.78, 5) is 30.0. The second kappa shape index (κ2) is 7.15. The number of nitrogens with zero attached hydrogens (tertiary/aromatic N) is 2. The fourth-order valence-electron chi connectivity index (χ4n) is 4.86. The molecule has 1 unspecified atom stereocenters. The summed E-state index contributed by atoms with van der Waals surface area (Å²) in [7, 11) is 0. The van der Waals surface area contributed by atoms with E-state index >= 15 is 0 Å². The number of amides is 2. The lowest BCUT2D eigenvalue weighted by molar-refractivity contribution is -0.184. The van der Waals surface area contributed by atoms with Crippen LogP contribution in [0.4, 0.5) is 11.4 Å². The fraction of sp³-hybridized carbons (Fsp3) is 0.462. The van der Waals surface area contributed by atoms with Gasteiger partial charge in [0.1, 0.15) is 5.60 Å². The lowest BCUT2D eigenvalue weighted by Gasteiger charge is -2.41. The first-order chi connectivity index (χ1) is 15.4. The van der Waals surface area contributed by atoms with Crippen LogP contribution in [0.25, 0.3) is 11.1 Å². The predicted molar refractivity (Wildman–Crippen MR) is 121 cm³/mol. The van der Waals surface area contributed by atoms with Crippen LogP contribution in [0, 0.1) is 11.8 Å². The number of hydrogen-bond donors (Lipinski definition) is 1. The van der Waals surface area contributed by atoms with Gasteiger partial charge in [0.2, 0.25) is 11.8 Å². The molecule has 0 bridgehead atoms. The van der Waals surface area contributed by atoms with Crippen molar-refractivity contribution in [3.8, 4) is 11.1 Å². The fourth-order valence-corrected chi connectivity index (χ4v) is 4.86. The number of fused-ring (bicyclic) bond motifs is 1. The Bertz CT molecular complexity index is 1080. The van der Waals surface area contributed by atoms with E-state index in [1.54, 1.807) is 0 Å². The molecule has 2 aliphatic carbocycles. The third kappa shape index (κ3) is 3.24. The van der Waals surface area contributed by atoms with Crippen LogP contribution < -0.4 is 9.80 Å². The van der Waals surface area contributed by atoms with Crippen molar-refractivity contribution in [1.29, 1.82) is 0 Å². The van der Waals surface area contributed by atoms with Gasteiger partial charge in [0.05, 0.1) is 30.6 Å². The lowest BCUT2D eigenvalue weighted by Crippen LogP contribution is -2.52. The topological polar surface area (TPSA) is 70.1 Å². The maximum Gasteiger partial charge on any atom is 0.230 e. The largest absolute Gasteiger partial charge is 0.380 e. The molecule has 3 fully saturated rings. The molecule has 1 saturated heterocycles. The Morgan fingerprint density at radius 1 is 0.906 bits per heavy atom. The third-order valence-corrected chi connectivity index (χ3v) is 7.21. The van der Waals surface area contributed by atoms with Crippen LogP contribution in [0.15, 0.2) is 42.5 Å². The first-order valence-corrected chi connectivity index (χ1v) is 11.6. The van der Waals surface area contributed by atoms with Crippen LogP contribution in [0.5, 0.6) is 0 Å². The lowest BCUT2D eigenvalue weighted by atomic mass is 9.90. The Balaban J connectivity index is 1.38. The molecule has 6 rings (SSSR count). The standard InChI is InChI=1S/C26H28N2O4/c1-16-13-27(24(29)18-2-3-18)23-12-20(8-11-22(23)28(16)25(30)19-4-5-19)17-6-9-21(10-7-17)26(31)14-32-15-26/h6-12,16,18-19,31H,2-5,13-15H2,1H3. The van der Waals surface area contributed by atoms with Crippen molar-refractivity contribution < 1.29 is 19.4 Å². The quantitative estimate of drug-likeness (QED) is 0.803. The van der Waals surface area contributed by atoms with Crippen molar-refractivity contribution in [2.24, 2.45) is 11.8 Å². The van der Waals surface area contributed by atoms with Gasteiger partial charge in [-0.2, -0.15) is 0 Å². The average molecular weight is 433 g/mol. The van der Waals surface area contributed by atoms with Crippen molar-refractivity contribution >= 4 is 23.2 Å². The summed E-state index contributed by atoms with van der Waals surface area (Å²) in [5.41, 5.74) is 3.65. The summed E-state index contributed by atoms with van der Waals surface area (Å²) in [6.07, 6.45) is 3.84. The molecule has 6 heteroatoms. The van der Waals surface area contributed by atoms with Crippen LogP contribution in [-0.2, 0) is 19.9 Å². The van der Waals surface area contributed by atoms with Gasteiger partial charge < -0.3 is 19.6 Å². The molecule has 0 radical (unpaired) electrons. The van der Waals surface area contributed by atoms with Crippen molar-refractivity contribution in [2.75, 3.05) is 29.6 Å². The van der Waals surface area contributed by atoms with E-state index in [4.69, 9.17) is 4.74 Å². The molecule has 2 saturated carbocycles. The summed E-state index contributed by atoms with van der Waals surface area (Å²) < 4.78 is 5.17. The van der Waals surface area contributed by atoms with Gasteiger partial charge in [0.15, 0.2) is 0 Å². The van der Waals surface area contributed by atoms with E-state index in [9.17, 15) is 14.7 Å². The average Bonchev–Trinajstić information content (AvgIpc) is 3.69. The molecular formula is C26H28N2O4. The number of anilines is 2. The first kappa shape index (κ1) is 19.9. The number of carbonyl (C=O) groups excluding carboxylic acids is 2. The van der Waals surface area contributed by atoms with Crippen molar-refractivity contribution in [2.45, 2.75) is 44.2 Å². The highest BCUT2D eigenvalue weighted by Crippen LogP contribution is 2.44. The van der Waals surface area contributed by atoms with Gasteiger partial charge >= 0.3 is 0 Å². The van der Waals surface area contributed by atoms with Gasteiger partial charge in [0, 0.05) is 18.4 Å². The molecule has 2 amide bonds. The molecule has 2 heterocycles. The zero-order chi connectivity index (χ0) is 22.0. The minimum Gasteiger partial charge on any atom is -0.380 e. The normalized spacial score (nSPS) is 24.0. The van der Waals surface area contributed by atoms with Gasteiger partial charge in [-0.15, -0.1) is 0 Å². The number of ether oxygens (including phenoxy) is 1. The Kier molecular flexibility index (Phi) is 4.46. The molecule has 4 aliphatic rings. The maximum atomic E-state index is 13.1. The molecule has 2 aliphatic heterocycles. The minimum atomic E-state index is -0.887. The van der Waals surface area contributed by atoms with E-state index in [-0.39, 0.29) is 29.7 Å². The first-order valence-electron chi connectivity index (χ1n) is 11.6. The maximum absolute atomic E-state index is 13.1. The van der Waals surface area contributed by atoms with Crippen LogP contribution >= 0.6 is 0 Å². The van der Waals surface area contributed by atoms with E-state index in [0.717, 1.165) is 53.7 Å². The van der Waals surface area contributed by atoms with Crippen molar-refractivity contribution in [1.82, 2.24) is 0 Å². The van der Waals surface area contributed by atoms with Gasteiger partial charge in [-0.05, 0) is 61.4 Å². The van der Waals surface area contributed by atoms with E-state index in [1.807, 2.05) is 59.2 Å². The number of hydrogen-bond acceptors (Lipinski definition) is 4. The van der Waals surface area contributed by atoms with Crippen LogP contribution in [0.3, 0.4) is 0 Å². The smallest absolute Gasteiger partial charge is 0.230 e. The zero-order valence-corrected chi connectivity index (χ0v) is 18.3. The molecule has 32 heavy (non-hydrogen) atoms. The van der Waals surface area contributed by atoms with Crippen LogP contribution in [0.2, 0.25) is 0 Å². The molecule has 0 spiro atoms. The summed E-state index contributed by atoms with van der Waals surface area (Å²) in [6, 6.07) is 13.9. The van der Waals surface area contributed by atoms with Gasteiger partial charge in [-0.1, -0.05) is 30.3 Å². The van der Waals surface area contributed by atoms with Gasteiger partial charge in [0.25, 0.3) is 0 Å². The molecule has 1 N–H and O–H groups in total. The van der Waals surface area contributed by atoms with Crippen molar-refractivity contribution in [3.05, 3.63) is 48.0 Å². The number of benzene rings is 2. The Labute approximate surface area is 187 Å². The SMILES string of the molecule is CC1CN(C(=O)C2CC2)c2cc(-c3ccc(C4(O)COC4)cc3)ccc2N1C(=O)C1CC1. The Morgan fingerprint density at radius 3 is 2.12 bits per heavy atom. The highest BCUT2D eigenvalue weighted by molar-refractivity contribution is 6.07. The highest BCUT2D eigenvalue weighted by atomic mass is 16.5. The molecular weight excluding hydrogens is 404 g/mol. The van der Waals surface area contributed by atoms with Crippen LogP contribution in [0.1, 0.15) is 38.2 Å². The van der Waals surface area contributed by atoms with E-state index in [1.165, 1.54) is 0 Å². The highest BCUT2D eigenvalue weighted by Gasteiger charge is 2.43. The third-order valence-electron chi connectivity index (χ3n) is 7.21. The van der Waals surface area contributed by atoms with E-state index in [2.05, 4.69) is 0 Å². The summed E-state index contributed by atoms with van der Waals surface area (Å²) >= 11 is 0. The minimum absolute atomic E-state index is 0.0335. The second-order valence-electron chi connectivity index (χ2n) is 9.86. The predicted octanol–water partition coefficient (Wildman–Crippen LogP) is 3.46. The van der Waals surface area contributed by atoms with Gasteiger partial charge in [-0.3, -0.25) is 9.59 Å². The van der Waals surface area contributed by atoms with Gasteiger partial charge in [-0.25, -0.2) is 0 Å². The van der Waals surface area contributed by atoms with E-state index < -0.39 is 5.60 Å².